The van der Waals surface area contributed by atoms with Crippen LogP contribution in [-0.2, 0) is 14.3 Å². The van der Waals surface area contributed by atoms with Crippen molar-refractivity contribution >= 4 is 23.5 Å². The third-order valence-corrected chi connectivity index (χ3v) is 0.522. The molecule has 0 fully saturated rings. The normalized spacial score (nSPS) is 6.50. The van der Waals surface area contributed by atoms with E-state index in [1.54, 1.807) is 6.92 Å². The van der Waals surface area contributed by atoms with Crippen LogP contribution in [0.5, 0.6) is 0 Å². The highest BCUT2D eigenvalue weighted by Crippen LogP contribution is 1.69. The second kappa shape index (κ2) is 17.7. The van der Waals surface area contributed by atoms with Gasteiger partial charge in [-0.15, -0.1) is 0 Å². The summed E-state index contributed by atoms with van der Waals surface area (Å²) < 4.78 is 4.40. The molecule has 0 aliphatic heterocycles. The van der Waals surface area contributed by atoms with Crippen molar-refractivity contribution in [1.29, 1.82) is 0 Å². The summed E-state index contributed by atoms with van der Waals surface area (Å²) in [6, 6.07) is 0. The average Bonchev–Trinajstić information content (AvgIpc) is 2.06. The first kappa shape index (κ1) is 18.5. The summed E-state index contributed by atoms with van der Waals surface area (Å²) in [4.78, 5) is 19.1. The van der Waals surface area contributed by atoms with Crippen molar-refractivity contribution in [2.45, 2.75) is 13.8 Å². The Balaban J connectivity index is -0.000000138. The molecular weight excluding hydrogens is 208 g/mol. The topological polar surface area (TPSA) is 63.6 Å². The predicted molar refractivity (Wildman–Crippen MR) is 56.2 cm³/mol. The van der Waals surface area contributed by atoms with Gasteiger partial charge in [0, 0.05) is 13.0 Å². The maximum absolute atomic E-state index is 9.82. The number of carbonyl (C=O) groups excluding carboxylic acids is 1. The van der Waals surface area contributed by atoms with E-state index in [9.17, 15) is 9.59 Å². The SMILES string of the molecule is C=CC(=O)O.C=CCl.CCOC(C)=O. The molecule has 0 aromatic rings. The molecule has 0 unspecified atom stereocenters. The quantitative estimate of drug-likeness (QED) is 0.575. The number of aliphatic carboxylic acids is 1. The fourth-order valence-electron chi connectivity index (χ4n) is 0.203. The Morgan fingerprint density at radius 3 is 1.79 bits per heavy atom. The molecule has 14 heavy (non-hydrogen) atoms. The van der Waals surface area contributed by atoms with E-state index in [0.717, 1.165) is 6.08 Å². The molecule has 0 amide bonds. The van der Waals surface area contributed by atoms with E-state index in [2.05, 4.69) is 17.9 Å². The van der Waals surface area contributed by atoms with Crippen molar-refractivity contribution in [2.24, 2.45) is 0 Å². The molecular formula is C9H15ClO4. The number of hydrogen-bond acceptors (Lipinski definition) is 3. The molecule has 0 bridgehead atoms. The minimum absolute atomic E-state index is 0.211. The van der Waals surface area contributed by atoms with Gasteiger partial charge in [0.1, 0.15) is 0 Å². The van der Waals surface area contributed by atoms with Crippen LogP contribution in [0.1, 0.15) is 13.8 Å². The van der Waals surface area contributed by atoms with Crippen LogP contribution in [0.25, 0.3) is 0 Å². The lowest BCUT2D eigenvalue weighted by Gasteiger charge is -1.89. The smallest absolute Gasteiger partial charge is 0.327 e. The van der Waals surface area contributed by atoms with E-state index in [1.807, 2.05) is 0 Å². The number of ether oxygens (including phenoxy) is 1. The van der Waals surface area contributed by atoms with Gasteiger partial charge in [-0.25, -0.2) is 4.79 Å². The summed E-state index contributed by atoms with van der Waals surface area (Å²) in [5.74, 6) is -1.19. The Hall–Kier alpha value is -1.29. The Kier molecular flexibility index (Phi) is 23.4. The highest BCUT2D eigenvalue weighted by atomic mass is 35.5. The lowest BCUT2D eigenvalue weighted by atomic mass is 10.7. The Morgan fingerprint density at radius 1 is 1.50 bits per heavy atom. The largest absolute Gasteiger partial charge is 0.478 e. The van der Waals surface area contributed by atoms with E-state index in [-0.39, 0.29) is 5.97 Å². The molecule has 0 spiro atoms. The lowest BCUT2D eigenvalue weighted by molar-refractivity contribution is -0.140. The van der Waals surface area contributed by atoms with Gasteiger partial charge in [-0.1, -0.05) is 24.8 Å². The van der Waals surface area contributed by atoms with Crippen molar-refractivity contribution in [3.05, 3.63) is 24.8 Å². The number of halogens is 1. The number of esters is 1. The van der Waals surface area contributed by atoms with Crippen LogP contribution < -0.4 is 0 Å². The van der Waals surface area contributed by atoms with Crippen LogP contribution in [0.3, 0.4) is 0 Å². The molecule has 0 saturated heterocycles. The Labute approximate surface area is 88.8 Å². The fourth-order valence-corrected chi connectivity index (χ4v) is 0.203. The van der Waals surface area contributed by atoms with Crippen LogP contribution in [0.2, 0.25) is 0 Å². The van der Waals surface area contributed by atoms with Crippen molar-refractivity contribution in [3.63, 3.8) is 0 Å². The van der Waals surface area contributed by atoms with Crippen molar-refractivity contribution in [2.75, 3.05) is 6.61 Å². The molecule has 0 aromatic carbocycles. The zero-order chi connectivity index (χ0) is 12.0. The Morgan fingerprint density at radius 2 is 1.79 bits per heavy atom. The van der Waals surface area contributed by atoms with E-state index < -0.39 is 5.97 Å². The monoisotopic (exact) mass is 222 g/mol. The van der Waals surface area contributed by atoms with Crippen LogP contribution in [0.4, 0.5) is 0 Å². The van der Waals surface area contributed by atoms with Gasteiger partial charge >= 0.3 is 11.9 Å². The highest BCUT2D eigenvalue weighted by Gasteiger charge is 1.81. The van der Waals surface area contributed by atoms with Crippen molar-refractivity contribution in [3.8, 4) is 0 Å². The summed E-state index contributed by atoms with van der Waals surface area (Å²) in [6.45, 7) is 9.74. The lowest BCUT2D eigenvalue weighted by Crippen LogP contribution is -1.95. The predicted octanol–water partition coefficient (Wildman–Crippen LogP) is 2.20. The number of carboxylic acid groups (broad SMARTS) is 1. The number of carboxylic acids is 1. The van der Waals surface area contributed by atoms with E-state index in [4.69, 9.17) is 16.7 Å². The van der Waals surface area contributed by atoms with Gasteiger partial charge in [0.25, 0.3) is 0 Å². The third-order valence-electron chi connectivity index (χ3n) is 0.522. The summed E-state index contributed by atoms with van der Waals surface area (Å²) in [5.41, 5.74) is 1.22. The summed E-state index contributed by atoms with van der Waals surface area (Å²) >= 11 is 4.76. The van der Waals surface area contributed by atoms with Gasteiger partial charge in [0.15, 0.2) is 0 Å². The number of hydrogen-bond donors (Lipinski definition) is 1. The average molecular weight is 223 g/mol. The Bertz CT molecular complexity index is 178. The molecule has 0 aliphatic carbocycles. The van der Waals surface area contributed by atoms with Gasteiger partial charge < -0.3 is 9.84 Å². The summed E-state index contributed by atoms with van der Waals surface area (Å²) in [5, 5.41) is 7.60. The second-order valence-electron chi connectivity index (χ2n) is 1.62. The molecule has 0 aromatic heterocycles. The fraction of sp³-hybridized carbons (Fsp3) is 0.333. The first-order valence-corrected chi connectivity index (χ1v) is 4.09. The number of carbonyl (C=O) groups is 2. The summed E-state index contributed by atoms with van der Waals surface area (Å²) in [7, 11) is 0. The molecule has 5 heteroatoms. The minimum atomic E-state index is -0.981. The molecule has 0 aliphatic rings. The third kappa shape index (κ3) is 73.4. The second-order valence-corrected chi connectivity index (χ2v) is 1.93. The minimum Gasteiger partial charge on any atom is -0.478 e. The molecule has 0 atom stereocenters. The van der Waals surface area contributed by atoms with Crippen LogP contribution in [-0.4, -0.2) is 23.7 Å². The molecule has 0 rings (SSSR count). The molecule has 4 nitrogen and oxygen atoms in total. The molecule has 82 valence electrons. The van der Waals surface area contributed by atoms with Gasteiger partial charge in [-0.2, -0.15) is 0 Å². The zero-order valence-electron chi connectivity index (χ0n) is 8.33. The van der Waals surface area contributed by atoms with Crippen LogP contribution >= 0.6 is 11.6 Å². The van der Waals surface area contributed by atoms with Crippen molar-refractivity contribution in [1.82, 2.24) is 0 Å². The first-order valence-electron chi connectivity index (χ1n) is 3.66. The standard InChI is InChI=1S/C4H8O2.C3H4O2.C2H3Cl/c1-3-6-4(2)5;1-2-3(4)5;1-2-3/h3H2,1-2H3;2H,1H2,(H,4,5);2H,1H2. The number of rotatable bonds is 2. The maximum Gasteiger partial charge on any atom is 0.327 e. The molecule has 0 radical (unpaired) electrons. The van der Waals surface area contributed by atoms with Crippen LogP contribution in [0, 0.1) is 0 Å². The van der Waals surface area contributed by atoms with Gasteiger partial charge in [-0.05, 0) is 12.5 Å². The summed E-state index contributed by atoms with van der Waals surface area (Å²) in [6.07, 6.45) is 0.833. The van der Waals surface area contributed by atoms with Gasteiger partial charge in [0.05, 0.1) is 6.61 Å². The first-order chi connectivity index (χ1) is 6.45. The van der Waals surface area contributed by atoms with Crippen molar-refractivity contribution < 1.29 is 19.4 Å². The van der Waals surface area contributed by atoms with Gasteiger partial charge in [0.2, 0.25) is 0 Å². The molecule has 0 heterocycles. The highest BCUT2D eigenvalue weighted by molar-refractivity contribution is 6.25. The zero-order valence-corrected chi connectivity index (χ0v) is 9.08. The van der Waals surface area contributed by atoms with E-state index >= 15 is 0 Å². The maximum atomic E-state index is 9.82. The van der Waals surface area contributed by atoms with Gasteiger partial charge in [-0.3, -0.25) is 4.79 Å². The van der Waals surface area contributed by atoms with E-state index in [0.29, 0.717) is 6.61 Å². The van der Waals surface area contributed by atoms with Crippen LogP contribution in [0.15, 0.2) is 24.8 Å². The molecule has 1 N–H and O–H groups in total. The van der Waals surface area contributed by atoms with E-state index in [1.165, 1.54) is 12.5 Å². The molecule has 0 saturated carbocycles.